The number of oxazole rings is 1. The lowest BCUT2D eigenvalue weighted by molar-refractivity contribution is 0.110. The second-order valence-corrected chi connectivity index (χ2v) is 9.12. The highest BCUT2D eigenvalue weighted by molar-refractivity contribution is 5.81. The molecule has 5 rings (SSSR count). The molecule has 4 aromatic rings. The molecule has 0 atom stereocenters. The number of rotatable bonds is 4. The van der Waals surface area contributed by atoms with Crippen LogP contribution in [0.1, 0.15) is 37.4 Å². The van der Waals surface area contributed by atoms with Crippen LogP contribution < -0.4 is 4.90 Å². The van der Waals surface area contributed by atoms with Crippen molar-refractivity contribution in [3.63, 3.8) is 0 Å². The van der Waals surface area contributed by atoms with Gasteiger partial charge in [-0.25, -0.2) is 13.9 Å². The lowest BCUT2D eigenvalue weighted by atomic mass is 9.84. The van der Waals surface area contributed by atoms with Crippen LogP contribution in [-0.4, -0.2) is 57.2 Å². The molecule has 0 radical (unpaired) electrons. The third-order valence-electron chi connectivity index (χ3n) is 7.03. The summed E-state index contributed by atoms with van der Waals surface area (Å²) < 4.78 is 22.8. The molecule has 1 aromatic carbocycles. The first-order valence-electron chi connectivity index (χ1n) is 11.2. The second kappa shape index (κ2) is 7.55. The SMILES string of the molecule is CCC1(N(C)C)CCN(c2nc3c(F)cc(-c4cc(C)c5nc(C)cn5n4)cc3o2)CC1. The number of hydrogen-bond acceptors (Lipinski definition) is 6. The summed E-state index contributed by atoms with van der Waals surface area (Å²) in [6.07, 6.45) is 5.02. The van der Waals surface area contributed by atoms with E-state index < -0.39 is 5.82 Å². The number of fused-ring (bicyclic) bond motifs is 2. The highest BCUT2D eigenvalue weighted by Gasteiger charge is 2.36. The van der Waals surface area contributed by atoms with Crippen molar-refractivity contribution < 1.29 is 8.81 Å². The molecule has 0 amide bonds. The number of hydrogen-bond donors (Lipinski definition) is 0. The summed E-state index contributed by atoms with van der Waals surface area (Å²) >= 11 is 0. The van der Waals surface area contributed by atoms with Crippen LogP contribution >= 0.6 is 0 Å². The molecule has 1 saturated heterocycles. The lowest BCUT2D eigenvalue weighted by Crippen LogP contribution is -2.52. The van der Waals surface area contributed by atoms with E-state index in [1.54, 1.807) is 4.52 Å². The number of imidazole rings is 1. The highest BCUT2D eigenvalue weighted by Crippen LogP contribution is 2.34. The Kier molecular flexibility index (Phi) is 4.93. The van der Waals surface area contributed by atoms with Crippen molar-refractivity contribution in [2.24, 2.45) is 0 Å². The number of anilines is 1. The summed E-state index contributed by atoms with van der Waals surface area (Å²) in [5.74, 6) is -0.401. The Hall–Kier alpha value is -3.00. The van der Waals surface area contributed by atoms with E-state index in [1.807, 2.05) is 32.2 Å². The van der Waals surface area contributed by atoms with Gasteiger partial charge in [-0.3, -0.25) is 0 Å². The monoisotopic (exact) mass is 436 g/mol. The molecule has 0 bridgehead atoms. The van der Waals surface area contributed by atoms with E-state index in [1.165, 1.54) is 6.07 Å². The lowest BCUT2D eigenvalue weighted by Gasteiger charge is -2.45. The number of halogens is 1. The summed E-state index contributed by atoms with van der Waals surface area (Å²) in [7, 11) is 4.29. The Labute approximate surface area is 186 Å². The molecule has 1 aliphatic rings. The molecule has 0 spiro atoms. The van der Waals surface area contributed by atoms with Crippen molar-refractivity contribution in [1.82, 2.24) is 24.5 Å². The van der Waals surface area contributed by atoms with Crippen LogP contribution in [0.15, 0.2) is 28.8 Å². The summed E-state index contributed by atoms with van der Waals surface area (Å²) in [6.45, 7) is 7.83. The van der Waals surface area contributed by atoms with Gasteiger partial charge in [0.05, 0.1) is 17.6 Å². The molecule has 0 saturated carbocycles. The normalized spacial score (nSPS) is 16.5. The van der Waals surface area contributed by atoms with Crippen molar-refractivity contribution in [1.29, 1.82) is 0 Å². The van der Waals surface area contributed by atoms with Crippen molar-refractivity contribution in [2.75, 3.05) is 32.1 Å². The molecule has 0 N–H and O–H groups in total. The molecule has 32 heavy (non-hydrogen) atoms. The van der Waals surface area contributed by atoms with Crippen LogP contribution in [0.25, 0.3) is 28.0 Å². The van der Waals surface area contributed by atoms with Crippen molar-refractivity contribution in [2.45, 2.75) is 45.6 Å². The van der Waals surface area contributed by atoms with Crippen molar-refractivity contribution in [3.05, 3.63) is 41.5 Å². The quantitative estimate of drug-likeness (QED) is 0.466. The van der Waals surface area contributed by atoms with Gasteiger partial charge in [-0.05, 0) is 71.0 Å². The van der Waals surface area contributed by atoms with Crippen LogP contribution in [0.3, 0.4) is 0 Å². The van der Waals surface area contributed by atoms with Gasteiger partial charge >= 0.3 is 0 Å². The number of aryl methyl sites for hydroxylation is 2. The van der Waals surface area contributed by atoms with Gasteiger partial charge in [0.15, 0.2) is 17.0 Å². The Morgan fingerprint density at radius 1 is 1.12 bits per heavy atom. The first kappa shape index (κ1) is 20.9. The molecular formula is C24H29FN6O. The van der Waals surface area contributed by atoms with Crippen LogP contribution in [0.5, 0.6) is 0 Å². The summed E-state index contributed by atoms with van der Waals surface area (Å²) in [5.41, 5.74) is 4.91. The number of benzene rings is 1. The van der Waals surface area contributed by atoms with Gasteiger partial charge in [-0.1, -0.05) is 6.92 Å². The first-order chi connectivity index (χ1) is 15.3. The summed E-state index contributed by atoms with van der Waals surface area (Å²) in [5, 5.41) is 4.62. The van der Waals surface area contributed by atoms with E-state index in [0.717, 1.165) is 49.3 Å². The standard InChI is InChI=1S/C24H29FN6O/c1-6-24(29(4)5)7-9-30(10-8-24)23-27-21-18(25)12-17(13-20(21)32-23)19-11-15(2)22-26-16(3)14-31(22)28-19/h11-14H,6-10H2,1-5H3. The molecule has 1 fully saturated rings. The van der Waals surface area contributed by atoms with Gasteiger partial charge in [0.1, 0.15) is 5.52 Å². The third-order valence-corrected chi connectivity index (χ3v) is 7.03. The Balaban J connectivity index is 1.48. The number of aromatic nitrogens is 4. The van der Waals surface area contributed by atoms with E-state index in [2.05, 4.69) is 45.9 Å². The Morgan fingerprint density at radius 2 is 1.88 bits per heavy atom. The van der Waals surface area contributed by atoms with Gasteiger partial charge in [0.2, 0.25) is 0 Å². The molecule has 0 aliphatic carbocycles. The van der Waals surface area contributed by atoms with E-state index >= 15 is 4.39 Å². The maximum absolute atomic E-state index is 15.0. The fraction of sp³-hybridized carbons (Fsp3) is 0.458. The topological polar surface area (TPSA) is 62.7 Å². The van der Waals surface area contributed by atoms with Crippen LogP contribution in [-0.2, 0) is 0 Å². The summed E-state index contributed by atoms with van der Waals surface area (Å²) in [6, 6.07) is 5.72. The van der Waals surface area contributed by atoms with E-state index in [0.29, 0.717) is 22.9 Å². The minimum atomic E-state index is -0.401. The molecule has 3 aromatic heterocycles. The second-order valence-electron chi connectivity index (χ2n) is 9.12. The molecule has 168 valence electrons. The minimum absolute atomic E-state index is 0.203. The number of nitrogens with zero attached hydrogens (tertiary/aromatic N) is 6. The van der Waals surface area contributed by atoms with Gasteiger partial charge < -0.3 is 14.2 Å². The van der Waals surface area contributed by atoms with Gasteiger partial charge in [0, 0.05) is 24.2 Å². The first-order valence-corrected chi connectivity index (χ1v) is 11.2. The smallest absolute Gasteiger partial charge is 0.298 e. The van der Waals surface area contributed by atoms with E-state index in [9.17, 15) is 0 Å². The maximum Gasteiger partial charge on any atom is 0.298 e. The summed E-state index contributed by atoms with van der Waals surface area (Å²) in [4.78, 5) is 13.4. The third kappa shape index (κ3) is 3.33. The van der Waals surface area contributed by atoms with Gasteiger partial charge in [-0.15, -0.1) is 0 Å². The van der Waals surface area contributed by atoms with E-state index in [-0.39, 0.29) is 11.1 Å². The van der Waals surface area contributed by atoms with Crippen LogP contribution in [0.2, 0.25) is 0 Å². The fourth-order valence-electron chi connectivity index (χ4n) is 4.88. The van der Waals surface area contributed by atoms with Gasteiger partial charge in [-0.2, -0.15) is 10.1 Å². The zero-order valence-electron chi connectivity index (χ0n) is 19.3. The zero-order valence-corrected chi connectivity index (χ0v) is 19.3. The maximum atomic E-state index is 15.0. The largest absolute Gasteiger partial charge is 0.423 e. The van der Waals surface area contributed by atoms with E-state index in [4.69, 9.17) is 4.42 Å². The molecule has 8 heteroatoms. The van der Waals surface area contributed by atoms with Crippen LogP contribution in [0, 0.1) is 19.7 Å². The predicted octanol–water partition coefficient (Wildman–Crippen LogP) is 4.60. The molecule has 0 unspecified atom stereocenters. The zero-order chi connectivity index (χ0) is 22.6. The van der Waals surface area contributed by atoms with Crippen molar-refractivity contribution in [3.8, 4) is 11.3 Å². The average molecular weight is 437 g/mol. The molecular weight excluding hydrogens is 407 g/mol. The minimum Gasteiger partial charge on any atom is -0.423 e. The average Bonchev–Trinajstić information content (AvgIpc) is 3.37. The number of piperidine rings is 1. The molecule has 1 aliphatic heterocycles. The predicted molar refractivity (Wildman–Crippen MR) is 124 cm³/mol. The molecule has 7 nitrogen and oxygen atoms in total. The fourth-order valence-corrected chi connectivity index (χ4v) is 4.88. The Bertz CT molecular complexity index is 1300. The van der Waals surface area contributed by atoms with Gasteiger partial charge in [0.25, 0.3) is 6.01 Å². The van der Waals surface area contributed by atoms with Crippen LogP contribution in [0.4, 0.5) is 10.4 Å². The molecule has 4 heterocycles. The Morgan fingerprint density at radius 3 is 2.56 bits per heavy atom. The highest BCUT2D eigenvalue weighted by atomic mass is 19.1. The van der Waals surface area contributed by atoms with Crippen molar-refractivity contribution >= 4 is 22.8 Å².